The number of anilines is 1. The zero-order valence-corrected chi connectivity index (χ0v) is 15.2. The van der Waals surface area contributed by atoms with Gasteiger partial charge in [-0.25, -0.2) is 4.98 Å². The van der Waals surface area contributed by atoms with Crippen molar-refractivity contribution in [2.24, 2.45) is 0 Å². The number of hydrogen-bond acceptors (Lipinski definition) is 5. The van der Waals surface area contributed by atoms with Gasteiger partial charge in [0.25, 0.3) is 11.5 Å². The van der Waals surface area contributed by atoms with Crippen molar-refractivity contribution in [1.82, 2.24) is 9.55 Å². The lowest BCUT2D eigenvalue weighted by atomic mass is 10.2. The zero-order chi connectivity index (χ0) is 21.7. The Morgan fingerprint density at radius 1 is 1.17 bits per heavy atom. The van der Waals surface area contributed by atoms with Crippen LogP contribution in [0.2, 0.25) is 0 Å². The number of amides is 1. The van der Waals surface area contributed by atoms with Crippen LogP contribution in [0, 0.1) is 11.3 Å². The van der Waals surface area contributed by atoms with E-state index in [1.165, 1.54) is 60.9 Å². The molecule has 0 unspecified atom stereocenters. The van der Waals surface area contributed by atoms with Gasteiger partial charge in [0.05, 0.1) is 11.3 Å². The summed E-state index contributed by atoms with van der Waals surface area (Å²) >= 11 is 0. The van der Waals surface area contributed by atoms with Crippen LogP contribution in [-0.4, -0.2) is 28.2 Å². The Morgan fingerprint density at radius 3 is 2.60 bits per heavy atom. The van der Waals surface area contributed by atoms with Crippen LogP contribution in [0.5, 0.6) is 5.75 Å². The number of ether oxygens (including phenoxy) is 1. The van der Waals surface area contributed by atoms with Crippen LogP contribution in [0.1, 0.15) is 15.9 Å². The lowest BCUT2D eigenvalue weighted by Crippen LogP contribution is -2.28. The number of alkyl halides is 3. The average molecular weight is 414 g/mol. The summed E-state index contributed by atoms with van der Waals surface area (Å²) in [4.78, 5) is 29.2. The molecule has 0 aliphatic carbocycles. The highest BCUT2D eigenvalue weighted by Gasteiger charge is 2.29. The summed E-state index contributed by atoms with van der Waals surface area (Å²) < 4.78 is 43.4. The van der Waals surface area contributed by atoms with Crippen LogP contribution < -0.4 is 15.6 Å². The molecule has 3 rings (SSSR count). The van der Waals surface area contributed by atoms with E-state index in [0.717, 1.165) is 4.57 Å². The number of halogens is 3. The number of nitrogens with zero attached hydrogens (tertiary/aromatic N) is 3. The van der Waals surface area contributed by atoms with Crippen molar-refractivity contribution >= 4 is 11.7 Å². The van der Waals surface area contributed by atoms with Crippen molar-refractivity contribution in [2.75, 3.05) is 11.9 Å². The molecule has 1 amide bonds. The second-order valence-electron chi connectivity index (χ2n) is 5.97. The number of rotatable bonds is 5. The normalized spacial score (nSPS) is 10.9. The van der Waals surface area contributed by atoms with E-state index in [-0.39, 0.29) is 22.8 Å². The van der Waals surface area contributed by atoms with E-state index in [4.69, 9.17) is 10.00 Å². The smallest absolute Gasteiger partial charge is 0.422 e. The third-order valence-electron chi connectivity index (χ3n) is 3.84. The molecule has 0 aliphatic rings. The van der Waals surface area contributed by atoms with Crippen molar-refractivity contribution in [3.05, 3.63) is 82.4 Å². The minimum Gasteiger partial charge on any atom is -0.482 e. The quantitative estimate of drug-likeness (QED) is 0.691. The molecule has 0 saturated heterocycles. The Balaban J connectivity index is 1.91. The van der Waals surface area contributed by atoms with Crippen LogP contribution in [-0.2, 0) is 0 Å². The van der Waals surface area contributed by atoms with Gasteiger partial charge in [0, 0.05) is 12.4 Å². The van der Waals surface area contributed by atoms with Crippen molar-refractivity contribution in [2.45, 2.75) is 6.18 Å². The largest absolute Gasteiger partial charge is 0.482 e. The van der Waals surface area contributed by atoms with Gasteiger partial charge in [0.2, 0.25) is 0 Å². The van der Waals surface area contributed by atoms with Crippen LogP contribution in [0.15, 0.2) is 65.7 Å². The van der Waals surface area contributed by atoms with Gasteiger partial charge in [-0.1, -0.05) is 12.1 Å². The van der Waals surface area contributed by atoms with Crippen LogP contribution in [0.4, 0.5) is 19.0 Å². The van der Waals surface area contributed by atoms with Crippen molar-refractivity contribution in [3.8, 4) is 17.5 Å². The predicted molar refractivity (Wildman–Crippen MR) is 100 cm³/mol. The van der Waals surface area contributed by atoms with E-state index in [1.807, 2.05) is 6.07 Å². The SMILES string of the molecule is N#Cc1ccc(NC(=O)c2cccn(-c3ccccc3OCC(F)(F)F)c2=O)nc1. The molecule has 30 heavy (non-hydrogen) atoms. The first kappa shape index (κ1) is 20.6. The van der Waals surface area contributed by atoms with E-state index < -0.39 is 24.2 Å². The number of nitriles is 1. The van der Waals surface area contributed by atoms with Crippen molar-refractivity contribution in [1.29, 1.82) is 5.26 Å². The van der Waals surface area contributed by atoms with Gasteiger partial charge in [0.1, 0.15) is 23.2 Å². The Labute approximate surface area is 168 Å². The minimum absolute atomic E-state index is 0.0536. The minimum atomic E-state index is -4.55. The molecule has 0 atom stereocenters. The molecule has 10 heteroatoms. The van der Waals surface area contributed by atoms with Gasteiger partial charge in [-0.2, -0.15) is 18.4 Å². The summed E-state index contributed by atoms with van der Waals surface area (Å²) in [5, 5.41) is 11.2. The highest BCUT2D eigenvalue weighted by molar-refractivity contribution is 6.03. The first-order valence-corrected chi connectivity index (χ1v) is 8.46. The van der Waals surface area contributed by atoms with Gasteiger partial charge in [-0.05, 0) is 36.4 Å². The number of aromatic nitrogens is 2. The highest BCUT2D eigenvalue weighted by Crippen LogP contribution is 2.24. The average Bonchev–Trinajstić information content (AvgIpc) is 2.72. The molecule has 1 N–H and O–H groups in total. The predicted octanol–water partition coefficient (Wildman–Crippen LogP) is 3.30. The molecule has 7 nitrogen and oxygen atoms in total. The first-order valence-electron chi connectivity index (χ1n) is 8.46. The summed E-state index contributed by atoms with van der Waals surface area (Å²) in [5.74, 6) is -0.800. The van der Waals surface area contributed by atoms with Gasteiger partial charge in [-0.15, -0.1) is 0 Å². The Hall–Kier alpha value is -4.13. The molecular weight excluding hydrogens is 401 g/mol. The number of para-hydroxylation sites is 2. The summed E-state index contributed by atoms with van der Waals surface area (Å²) in [6.07, 6.45) is -1.98. The number of carbonyl (C=O) groups is 1. The fraction of sp³-hybridized carbons (Fsp3) is 0.100. The van der Waals surface area contributed by atoms with E-state index >= 15 is 0 Å². The fourth-order valence-corrected chi connectivity index (χ4v) is 2.51. The second kappa shape index (κ2) is 8.48. The fourth-order valence-electron chi connectivity index (χ4n) is 2.51. The van der Waals surface area contributed by atoms with Crippen molar-refractivity contribution < 1.29 is 22.7 Å². The molecule has 2 aromatic heterocycles. The summed E-state index contributed by atoms with van der Waals surface area (Å²) in [6.45, 7) is -1.52. The maximum atomic E-state index is 12.8. The third kappa shape index (κ3) is 4.82. The number of carbonyl (C=O) groups excluding carboxylic acids is 1. The maximum Gasteiger partial charge on any atom is 0.422 e. The number of hydrogen-bond donors (Lipinski definition) is 1. The Kier molecular flexibility index (Phi) is 5.83. The molecule has 0 radical (unpaired) electrons. The van der Waals surface area contributed by atoms with Gasteiger partial charge in [-0.3, -0.25) is 14.2 Å². The standard InChI is InChI=1S/C20H13F3N4O3/c21-20(22,23)12-30-16-6-2-1-5-15(16)27-9-3-4-14(19(27)29)18(28)26-17-8-7-13(10-24)11-25-17/h1-9,11H,12H2,(H,25,26,28). The maximum absolute atomic E-state index is 12.8. The summed E-state index contributed by atoms with van der Waals surface area (Å²) in [5.41, 5.74) is -0.663. The number of pyridine rings is 2. The van der Waals surface area contributed by atoms with Gasteiger partial charge >= 0.3 is 6.18 Å². The first-order chi connectivity index (χ1) is 14.3. The van der Waals surface area contributed by atoms with E-state index in [0.29, 0.717) is 5.56 Å². The number of benzene rings is 1. The molecule has 3 aromatic rings. The van der Waals surface area contributed by atoms with Crippen LogP contribution in [0.25, 0.3) is 5.69 Å². The monoisotopic (exact) mass is 414 g/mol. The van der Waals surface area contributed by atoms with Gasteiger partial charge in [0.15, 0.2) is 6.61 Å². The lowest BCUT2D eigenvalue weighted by Gasteiger charge is -2.15. The van der Waals surface area contributed by atoms with Crippen LogP contribution in [0.3, 0.4) is 0 Å². The molecule has 0 saturated carbocycles. The number of nitrogens with one attached hydrogen (secondary N) is 1. The van der Waals surface area contributed by atoms with Crippen molar-refractivity contribution in [3.63, 3.8) is 0 Å². The van der Waals surface area contributed by atoms with E-state index in [9.17, 15) is 22.8 Å². The molecule has 0 spiro atoms. The highest BCUT2D eigenvalue weighted by atomic mass is 19.4. The molecule has 152 valence electrons. The van der Waals surface area contributed by atoms with Gasteiger partial charge < -0.3 is 10.1 Å². The molecular formula is C20H13F3N4O3. The zero-order valence-electron chi connectivity index (χ0n) is 15.2. The third-order valence-corrected chi connectivity index (χ3v) is 3.84. The second-order valence-corrected chi connectivity index (χ2v) is 5.97. The Bertz CT molecular complexity index is 1170. The molecule has 0 bridgehead atoms. The molecule has 2 heterocycles. The molecule has 0 fully saturated rings. The molecule has 1 aromatic carbocycles. The van der Waals surface area contributed by atoms with Crippen LogP contribution >= 0.6 is 0 Å². The molecule has 0 aliphatic heterocycles. The Morgan fingerprint density at radius 2 is 1.93 bits per heavy atom. The summed E-state index contributed by atoms with van der Waals surface area (Å²) in [7, 11) is 0. The van der Waals surface area contributed by atoms with E-state index in [1.54, 1.807) is 0 Å². The summed E-state index contributed by atoms with van der Waals surface area (Å²) in [6, 6.07) is 13.1. The lowest BCUT2D eigenvalue weighted by molar-refractivity contribution is -0.153. The topological polar surface area (TPSA) is 97.0 Å². The van der Waals surface area contributed by atoms with E-state index in [2.05, 4.69) is 10.3 Å².